The molecule has 8 aromatic carbocycles. The van der Waals surface area contributed by atoms with Crippen LogP contribution in [0.15, 0.2) is 194 Å². The van der Waals surface area contributed by atoms with Gasteiger partial charge >= 0.3 is 0 Å². The number of para-hydroxylation sites is 2. The smallest absolute Gasteiger partial charge is 0.0468 e. The fraction of sp³-hybridized carbons (Fsp3) is 0.0833. The van der Waals surface area contributed by atoms with Gasteiger partial charge in [-0.05, 0) is 105 Å². The molecule has 0 aromatic heterocycles. The Morgan fingerprint density at radius 2 is 0.520 bits per heavy atom. The van der Waals surface area contributed by atoms with Crippen molar-refractivity contribution in [3.63, 3.8) is 0 Å². The maximum absolute atomic E-state index is 2.32. The summed E-state index contributed by atoms with van der Waals surface area (Å²) in [6.45, 7) is 8.00. The van der Waals surface area contributed by atoms with Gasteiger partial charge in [-0.25, -0.2) is 0 Å². The first-order chi connectivity index (χ1) is 24.8. The van der Waals surface area contributed by atoms with Crippen LogP contribution in [-0.2, 0) is 0 Å². The predicted molar refractivity (Wildman–Crippen MR) is 219 cm³/mol. The van der Waals surface area contributed by atoms with Gasteiger partial charge in [-0.15, -0.1) is 0 Å². The first-order valence-corrected chi connectivity index (χ1v) is 17.7. The summed E-state index contributed by atoms with van der Waals surface area (Å²) < 4.78 is 0. The van der Waals surface area contributed by atoms with Gasteiger partial charge in [-0.2, -0.15) is 0 Å². The zero-order valence-electron chi connectivity index (χ0n) is 29.4. The summed E-state index contributed by atoms with van der Waals surface area (Å²) in [5.41, 5.74) is 9.13. The van der Waals surface area contributed by atoms with Crippen molar-refractivity contribution in [2.45, 2.75) is 27.7 Å². The van der Waals surface area contributed by atoms with E-state index in [1.165, 1.54) is 32.7 Å². The average molecular weight is 649 g/mol. The van der Waals surface area contributed by atoms with Gasteiger partial charge < -0.3 is 9.80 Å². The second-order valence-electron chi connectivity index (χ2n) is 11.5. The van der Waals surface area contributed by atoms with Crippen LogP contribution in [0.4, 0.5) is 34.1 Å². The van der Waals surface area contributed by atoms with Crippen molar-refractivity contribution >= 4 is 55.7 Å². The molecule has 0 spiro atoms. The molecule has 0 aliphatic carbocycles. The predicted octanol–water partition coefficient (Wildman–Crippen LogP) is 14.7. The van der Waals surface area contributed by atoms with E-state index >= 15 is 0 Å². The molecule has 0 heterocycles. The van der Waals surface area contributed by atoms with Gasteiger partial charge in [0, 0.05) is 34.1 Å². The van der Waals surface area contributed by atoms with Crippen molar-refractivity contribution in [3.8, 4) is 11.1 Å². The second kappa shape index (κ2) is 16.3. The van der Waals surface area contributed by atoms with Crippen LogP contribution in [0, 0.1) is 0 Å². The summed E-state index contributed by atoms with van der Waals surface area (Å²) in [7, 11) is 0. The molecule has 8 aromatic rings. The van der Waals surface area contributed by atoms with Crippen LogP contribution in [0.5, 0.6) is 0 Å². The van der Waals surface area contributed by atoms with E-state index in [4.69, 9.17) is 0 Å². The molecule has 2 heteroatoms. The molecule has 0 saturated carbocycles. The number of hydrogen-bond donors (Lipinski definition) is 0. The Morgan fingerprint density at radius 1 is 0.240 bits per heavy atom. The highest BCUT2D eigenvalue weighted by molar-refractivity contribution is 5.91. The van der Waals surface area contributed by atoms with Gasteiger partial charge in [-0.3, -0.25) is 0 Å². The molecule has 8 rings (SSSR count). The lowest BCUT2D eigenvalue weighted by Crippen LogP contribution is -2.10. The standard InChI is InChI=1S/C44H32N2.2C2H6/c1-3-15-39(16-4-1)45(43-29-23-33-11-7-9-13-37(33)31-43)41-25-19-35(20-26-41)36-21-27-42(28-22-36)46(40-17-5-2-6-18-40)44-30-24-34-12-8-10-14-38(34)32-44;2*1-2/h1-32H;2*1-2H3. The van der Waals surface area contributed by atoms with Crippen LogP contribution in [0.3, 0.4) is 0 Å². The summed E-state index contributed by atoms with van der Waals surface area (Å²) >= 11 is 0. The average Bonchev–Trinajstić information content (AvgIpc) is 3.21. The third-order valence-corrected chi connectivity index (χ3v) is 8.60. The van der Waals surface area contributed by atoms with Crippen molar-refractivity contribution < 1.29 is 0 Å². The SMILES string of the molecule is CC.CC.c1ccc(N(c2ccc(-c3ccc(N(c4ccccc4)c4ccc5ccccc5c4)cc3)cc2)c2ccc3ccccc3c2)cc1. The molecule has 246 valence electrons. The van der Waals surface area contributed by atoms with Gasteiger partial charge in [-0.1, -0.05) is 149 Å². The van der Waals surface area contributed by atoms with Crippen LogP contribution in [0.25, 0.3) is 32.7 Å². The molecule has 0 unspecified atom stereocenters. The maximum atomic E-state index is 2.32. The van der Waals surface area contributed by atoms with Gasteiger partial charge in [0.1, 0.15) is 0 Å². The van der Waals surface area contributed by atoms with E-state index < -0.39 is 0 Å². The summed E-state index contributed by atoms with van der Waals surface area (Å²) in [5.74, 6) is 0. The van der Waals surface area contributed by atoms with Crippen molar-refractivity contribution in [2.75, 3.05) is 9.80 Å². The van der Waals surface area contributed by atoms with Gasteiger partial charge in [0.15, 0.2) is 0 Å². The molecule has 0 atom stereocenters. The zero-order chi connectivity index (χ0) is 34.7. The molecule has 0 aliphatic heterocycles. The van der Waals surface area contributed by atoms with E-state index in [1.807, 2.05) is 27.7 Å². The summed E-state index contributed by atoms with van der Waals surface area (Å²) in [6, 6.07) is 69.3. The first kappa shape index (κ1) is 33.8. The maximum Gasteiger partial charge on any atom is 0.0468 e. The lowest BCUT2D eigenvalue weighted by Gasteiger charge is -2.26. The number of fused-ring (bicyclic) bond motifs is 2. The van der Waals surface area contributed by atoms with Crippen molar-refractivity contribution in [3.05, 3.63) is 194 Å². The quantitative estimate of drug-likeness (QED) is 0.170. The molecule has 0 fully saturated rings. The third-order valence-electron chi connectivity index (χ3n) is 8.60. The van der Waals surface area contributed by atoms with E-state index in [0.717, 1.165) is 34.1 Å². The van der Waals surface area contributed by atoms with Crippen LogP contribution in [0.1, 0.15) is 27.7 Å². The molecule has 0 saturated heterocycles. The number of nitrogens with zero attached hydrogens (tertiary/aromatic N) is 2. The minimum absolute atomic E-state index is 1.12. The molecule has 50 heavy (non-hydrogen) atoms. The normalized spacial score (nSPS) is 10.4. The van der Waals surface area contributed by atoms with Gasteiger partial charge in [0.05, 0.1) is 0 Å². The van der Waals surface area contributed by atoms with E-state index in [-0.39, 0.29) is 0 Å². The highest BCUT2D eigenvalue weighted by Gasteiger charge is 2.15. The number of rotatable bonds is 7. The molecular formula is C48H44N2. The Morgan fingerprint density at radius 3 is 0.880 bits per heavy atom. The van der Waals surface area contributed by atoms with Crippen LogP contribution >= 0.6 is 0 Å². The lowest BCUT2D eigenvalue weighted by atomic mass is 10.0. The minimum Gasteiger partial charge on any atom is -0.310 e. The Bertz CT molecular complexity index is 2080. The molecule has 0 amide bonds. The fourth-order valence-corrected chi connectivity index (χ4v) is 6.29. The third kappa shape index (κ3) is 7.31. The minimum atomic E-state index is 1.12. The van der Waals surface area contributed by atoms with E-state index in [2.05, 4.69) is 204 Å². The van der Waals surface area contributed by atoms with Crippen molar-refractivity contribution in [1.82, 2.24) is 0 Å². The monoisotopic (exact) mass is 648 g/mol. The highest BCUT2D eigenvalue weighted by atomic mass is 15.1. The van der Waals surface area contributed by atoms with Crippen molar-refractivity contribution in [1.29, 1.82) is 0 Å². The molecular weight excluding hydrogens is 605 g/mol. The van der Waals surface area contributed by atoms with Gasteiger partial charge in [0.25, 0.3) is 0 Å². The summed E-state index contributed by atoms with van der Waals surface area (Å²) in [4.78, 5) is 4.64. The topological polar surface area (TPSA) is 6.48 Å². The number of benzene rings is 8. The lowest BCUT2D eigenvalue weighted by molar-refractivity contribution is 1.28. The number of anilines is 6. The first-order valence-electron chi connectivity index (χ1n) is 17.7. The fourth-order valence-electron chi connectivity index (χ4n) is 6.29. The Kier molecular flexibility index (Phi) is 11.0. The molecule has 0 N–H and O–H groups in total. The zero-order valence-corrected chi connectivity index (χ0v) is 29.4. The van der Waals surface area contributed by atoms with Crippen LogP contribution in [0.2, 0.25) is 0 Å². The van der Waals surface area contributed by atoms with E-state index in [1.54, 1.807) is 0 Å². The van der Waals surface area contributed by atoms with Gasteiger partial charge in [0.2, 0.25) is 0 Å². The molecule has 0 bridgehead atoms. The van der Waals surface area contributed by atoms with Crippen molar-refractivity contribution in [2.24, 2.45) is 0 Å². The van der Waals surface area contributed by atoms with E-state index in [0.29, 0.717) is 0 Å². The Hall–Kier alpha value is -6.12. The second-order valence-corrected chi connectivity index (χ2v) is 11.5. The highest BCUT2D eigenvalue weighted by Crippen LogP contribution is 2.39. The Balaban J connectivity index is 0.00000104. The largest absolute Gasteiger partial charge is 0.310 e. The van der Waals surface area contributed by atoms with Crippen LogP contribution in [-0.4, -0.2) is 0 Å². The number of hydrogen-bond acceptors (Lipinski definition) is 2. The molecule has 0 radical (unpaired) electrons. The summed E-state index contributed by atoms with van der Waals surface area (Å²) in [6.07, 6.45) is 0. The Labute approximate surface area is 297 Å². The van der Waals surface area contributed by atoms with E-state index in [9.17, 15) is 0 Å². The van der Waals surface area contributed by atoms with Crippen LogP contribution < -0.4 is 9.80 Å². The molecule has 0 aliphatic rings. The molecule has 2 nitrogen and oxygen atoms in total. The summed E-state index contributed by atoms with van der Waals surface area (Å²) in [5, 5.41) is 4.94.